The van der Waals surface area contributed by atoms with Gasteiger partial charge in [0.15, 0.2) is 0 Å². The van der Waals surface area contributed by atoms with Crippen LogP contribution in [0, 0.1) is 0 Å². The fourth-order valence-corrected chi connectivity index (χ4v) is 1.45. The van der Waals surface area contributed by atoms with E-state index in [2.05, 4.69) is 11.7 Å². The van der Waals surface area contributed by atoms with Crippen molar-refractivity contribution in [3.63, 3.8) is 0 Å². The van der Waals surface area contributed by atoms with Crippen LogP contribution in [0.2, 0.25) is 0 Å². The van der Waals surface area contributed by atoms with Crippen LogP contribution in [0.15, 0.2) is 23.3 Å². The molecule has 3 heteroatoms. The molecule has 44 valence electrons. The van der Waals surface area contributed by atoms with Gasteiger partial charge in [0.2, 0.25) is 0 Å². The van der Waals surface area contributed by atoms with Crippen LogP contribution in [0.25, 0.3) is 0 Å². The molecular formula is C5H7NS2. The number of hydrogen-bond donors (Lipinski definition) is 2. The Morgan fingerprint density at radius 2 is 2.38 bits per heavy atom. The smallest absolute Gasteiger partial charge is 0.0324 e. The zero-order valence-electron chi connectivity index (χ0n) is 4.24. The summed E-state index contributed by atoms with van der Waals surface area (Å²) in [5, 5.41) is 3.94. The predicted octanol–water partition coefficient (Wildman–Crippen LogP) is 1.27. The highest BCUT2D eigenvalue weighted by molar-refractivity contribution is 8.77. The summed E-state index contributed by atoms with van der Waals surface area (Å²) in [6.45, 7) is 0. The number of hydrogen-bond acceptors (Lipinski definition) is 2. The van der Waals surface area contributed by atoms with Crippen LogP contribution < -0.4 is 5.73 Å². The molecule has 0 aromatic carbocycles. The molecule has 0 fully saturated rings. The average Bonchev–Trinajstić information content (AvgIpc) is 1.77. The van der Waals surface area contributed by atoms with Crippen molar-refractivity contribution in [2.45, 2.75) is 0 Å². The summed E-state index contributed by atoms with van der Waals surface area (Å²) in [6, 6.07) is 0. The highest BCUT2D eigenvalue weighted by Crippen LogP contribution is 2.21. The molecule has 0 bridgehead atoms. The number of rotatable bonds is 0. The van der Waals surface area contributed by atoms with Crippen molar-refractivity contribution in [3.8, 4) is 0 Å². The van der Waals surface area contributed by atoms with E-state index in [0.29, 0.717) is 0 Å². The molecule has 0 aliphatic carbocycles. The highest BCUT2D eigenvalue weighted by atomic mass is 33.1. The van der Waals surface area contributed by atoms with E-state index in [-0.39, 0.29) is 9.52 Å². The normalized spacial score (nSPS) is 26.6. The summed E-state index contributed by atoms with van der Waals surface area (Å²) in [5.74, 6) is 0. The number of thiol groups is 1. The Kier molecular flexibility index (Phi) is 1.81. The summed E-state index contributed by atoms with van der Waals surface area (Å²) >= 11 is 4.19. The van der Waals surface area contributed by atoms with Gasteiger partial charge in [-0.2, -0.15) is 0 Å². The lowest BCUT2D eigenvalue weighted by Gasteiger charge is -1.97. The maximum Gasteiger partial charge on any atom is 0.0324 e. The predicted molar refractivity (Wildman–Crippen MR) is 44.1 cm³/mol. The van der Waals surface area contributed by atoms with Gasteiger partial charge < -0.3 is 5.73 Å². The Morgan fingerprint density at radius 3 is 2.75 bits per heavy atom. The molecule has 8 heavy (non-hydrogen) atoms. The van der Waals surface area contributed by atoms with Crippen LogP contribution in [0.3, 0.4) is 0 Å². The fourth-order valence-electron chi connectivity index (χ4n) is 0.397. The van der Waals surface area contributed by atoms with Crippen molar-refractivity contribution >= 4 is 26.5 Å². The molecule has 1 heterocycles. The Hall–Kier alpha value is -0.150. The molecule has 1 rings (SSSR count). The van der Waals surface area contributed by atoms with Gasteiger partial charge in [0.05, 0.1) is 0 Å². The summed E-state index contributed by atoms with van der Waals surface area (Å²) in [6.07, 6.45) is 3.74. The standard InChI is InChI=1S/C5H7NS2/c6-5-1-3-8(7)4-2-5/h1-4,7H,6H2. The van der Waals surface area contributed by atoms with Crippen molar-refractivity contribution in [2.75, 3.05) is 0 Å². The summed E-state index contributed by atoms with van der Waals surface area (Å²) in [5.41, 5.74) is 6.22. The molecule has 2 N–H and O–H groups in total. The van der Waals surface area contributed by atoms with E-state index in [0.717, 1.165) is 5.70 Å². The third kappa shape index (κ3) is 1.42. The van der Waals surface area contributed by atoms with E-state index in [9.17, 15) is 0 Å². The molecule has 1 nitrogen and oxygen atoms in total. The van der Waals surface area contributed by atoms with E-state index in [4.69, 9.17) is 5.73 Å². The number of nitrogens with two attached hydrogens (primary N) is 1. The topological polar surface area (TPSA) is 26.0 Å². The third-order valence-electron chi connectivity index (χ3n) is 0.800. The number of allylic oxidation sites excluding steroid dienone is 2. The van der Waals surface area contributed by atoms with Gasteiger partial charge in [-0.05, 0) is 22.9 Å². The van der Waals surface area contributed by atoms with Crippen molar-refractivity contribution in [2.24, 2.45) is 5.73 Å². The van der Waals surface area contributed by atoms with E-state index in [1.807, 2.05) is 22.9 Å². The van der Waals surface area contributed by atoms with Crippen molar-refractivity contribution in [1.29, 1.82) is 0 Å². The fraction of sp³-hybridized carbons (Fsp3) is 0. The minimum Gasteiger partial charge on any atom is -0.399 e. The van der Waals surface area contributed by atoms with Crippen LogP contribution in [0.5, 0.6) is 0 Å². The lowest BCUT2D eigenvalue weighted by Crippen LogP contribution is -1.93. The van der Waals surface area contributed by atoms with E-state index < -0.39 is 0 Å². The van der Waals surface area contributed by atoms with Crippen LogP contribution in [-0.2, 0) is 0 Å². The van der Waals surface area contributed by atoms with Gasteiger partial charge in [-0.1, -0.05) is 0 Å². The van der Waals surface area contributed by atoms with Crippen LogP contribution in [0.4, 0.5) is 0 Å². The van der Waals surface area contributed by atoms with Crippen molar-refractivity contribution in [3.05, 3.63) is 23.3 Å². The van der Waals surface area contributed by atoms with Crippen LogP contribution in [0.1, 0.15) is 0 Å². The van der Waals surface area contributed by atoms with Gasteiger partial charge in [0.1, 0.15) is 0 Å². The molecule has 0 aromatic heterocycles. The molecule has 0 spiro atoms. The first-order chi connectivity index (χ1) is 3.79. The molecule has 1 atom stereocenters. The maximum absolute atomic E-state index is 5.41. The van der Waals surface area contributed by atoms with E-state index >= 15 is 0 Å². The van der Waals surface area contributed by atoms with Gasteiger partial charge >= 0.3 is 0 Å². The van der Waals surface area contributed by atoms with Gasteiger partial charge in [-0.3, -0.25) is 0 Å². The largest absolute Gasteiger partial charge is 0.399 e. The van der Waals surface area contributed by atoms with Crippen molar-refractivity contribution < 1.29 is 0 Å². The first-order valence-corrected chi connectivity index (χ1v) is 4.59. The second-order valence-corrected chi connectivity index (χ2v) is 3.96. The second kappa shape index (κ2) is 2.42. The van der Waals surface area contributed by atoms with Crippen LogP contribution in [-0.4, -0.2) is 5.37 Å². The molecule has 0 radical (unpaired) electrons. The molecule has 0 amide bonds. The van der Waals surface area contributed by atoms with Crippen molar-refractivity contribution in [1.82, 2.24) is 0 Å². The Labute approximate surface area is 56.0 Å². The Balaban J connectivity index is 2.86. The Bertz CT molecular complexity index is 159. The molecule has 1 aliphatic heterocycles. The molecule has 0 aromatic rings. The lowest BCUT2D eigenvalue weighted by atomic mass is 10.4. The Morgan fingerprint density at radius 1 is 1.62 bits per heavy atom. The first-order valence-electron chi connectivity index (χ1n) is 2.19. The lowest BCUT2D eigenvalue weighted by molar-refractivity contribution is 1.45. The first kappa shape index (κ1) is 5.98. The minimum absolute atomic E-state index is 0.0216. The zero-order chi connectivity index (χ0) is 5.98. The van der Waals surface area contributed by atoms with E-state index in [1.165, 1.54) is 0 Å². The van der Waals surface area contributed by atoms with Gasteiger partial charge in [0.25, 0.3) is 0 Å². The summed E-state index contributed by atoms with van der Waals surface area (Å²) in [7, 11) is 0.0216. The molecular weight excluding hydrogens is 138 g/mol. The van der Waals surface area contributed by atoms with E-state index in [1.54, 1.807) is 0 Å². The minimum atomic E-state index is 0.0216. The van der Waals surface area contributed by atoms with Gasteiger partial charge in [0, 0.05) is 5.70 Å². The van der Waals surface area contributed by atoms with Gasteiger partial charge in [-0.25, -0.2) is 0 Å². The molecule has 1 unspecified atom stereocenters. The quantitative estimate of drug-likeness (QED) is 0.300. The summed E-state index contributed by atoms with van der Waals surface area (Å²) < 4.78 is 0. The third-order valence-corrected chi connectivity index (χ3v) is 2.36. The van der Waals surface area contributed by atoms with Crippen LogP contribution >= 0.6 is 21.2 Å². The summed E-state index contributed by atoms with van der Waals surface area (Å²) in [4.78, 5) is 0. The van der Waals surface area contributed by atoms with Gasteiger partial charge in [-0.15, -0.1) is 21.2 Å². The second-order valence-electron chi connectivity index (χ2n) is 1.45. The molecule has 0 saturated carbocycles. The zero-order valence-corrected chi connectivity index (χ0v) is 5.95. The monoisotopic (exact) mass is 145 g/mol. The molecule has 1 aliphatic rings. The molecule has 0 saturated heterocycles. The highest BCUT2D eigenvalue weighted by Gasteiger charge is 1.86. The maximum atomic E-state index is 5.41. The SMILES string of the molecule is NC1=CC=S(S)C=C1. The average molecular weight is 145 g/mol.